The van der Waals surface area contributed by atoms with Gasteiger partial charge in [-0.1, -0.05) is 28.1 Å². The third kappa shape index (κ3) is 3.58. The molecule has 0 aliphatic carbocycles. The Kier molecular flexibility index (Phi) is 4.57. The molecule has 0 fully saturated rings. The van der Waals surface area contributed by atoms with Crippen LogP contribution in [0.1, 0.15) is 15.9 Å². The molecule has 0 spiro atoms. The van der Waals surface area contributed by atoms with Crippen molar-refractivity contribution in [2.24, 2.45) is 5.73 Å². The molecule has 21 heavy (non-hydrogen) atoms. The van der Waals surface area contributed by atoms with Crippen LogP contribution >= 0.6 is 15.9 Å². The second-order valence-electron chi connectivity index (χ2n) is 4.63. The standard InChI is InChI=1S/C15H13BrF2N2O/c1-20(8-9-3-2-4-11(17)5-9)13-7-10(16)6-12(18)14(13)15(19)21/h2-7H,8H2,1H3,(H2,19,21). The molecule has 0 saturated carbocycles. The summed E-state index contributed by atoms with van der Waals surface area (Å²) >= 11 is 3.18. The first kappa shape index (κ1) is 15.4. The Morgan fingerprint density at radius 1 is 1.29 bits per heavy atom. The largest absolute Gasteiger partial charge is 0.369 e. The van der Waals surface area contributed by atoms with Crippen LogP contribution in [0.15, 0.2) is 40.9 Å². The number of amides is 1. The molecule has 0 aliphatic heterocycles. The molecule has 0 unspecified atom stereocenters. The van der Waals surface area contributed by atoms with Gasteiger partial charge in [-0.2, -0.15) is 0 Å². The predicted octanol–water partition coefficient (Wildman–Crippen LogP) is 3.46. The maximum absolute atomic E-state index is 13.9. The third-order valence-corrected chi connectivity index (χ3v) is 3.46. The first-order valence-corrected chi connectivity index (χ1v) is 6.92. The summed E-state index contributed by atoms with van der Waals surface area (Å²) in [5, 5.41) is 0. The zero-order valence-electron chi connectivity index (χ0n) is 11.2. The van der Waals surface area contributed by atoms with E-state index in [0.717, 1.165) is 0 Å². The van der Waals surface area contributed by atoms with E-state index in [-0.39, 0.29) is 11.4 Å². The van der Waals surface area contributed by atoms with Crippen molar-refractivity contribution in [3.8, 4) is 0 Å². The van der Waals surface area contributed by atoms with Crippen LogP contribution in [0.25, 0.3) is 0 Å². The van der Waals surface area contributed by atoms with Gasteiger partial charge in [-0.15, -0.1) is 0 Å². The highest BCUT2D eigenvalue weighted by Gasteiger charge is 2.18. The summed E-state index contributed by atoms with van der Waals surface area (Å²) in [5.41, 5.74) is 6.10. The normalized spacial score (nSPS) is 10.5. The molecule has 2 aromatic rings. The highest BCUT2D eigenvalue weighted by Crippen LogP contribution is 2.28. The smallest absolute Gasteiger partial charge is 0.253 e. The zero-order valence-corrected chi connectivity index (χ0v) is 12.8. The Morgan fingerprint density at radius 2 is 2.00 bits per heavy atom. The molecule has 0 radical (unpaired) electrons. The summed E-state index contributed by atoms with van der Waals surface area (Å²) < 4.78 is 27.6. The number of nitrogens with zero attached hydrogens (tertiary/aromatic N) is 1. The van der Waals surface area contributed by atoms with Gasteiger partial charge in [0.25, 0.3) is 5.91 Å². The van der Waals surface area contributed by atoms with Crippen LogP contribution < -0.4 is 10.6 Å². The van der Waals surface area contributed by atoms with Crippen LogP contribution in [-0.4, -0.2) is 13.0 Å². The minimum absolute atomic E-state index is 0.183. The van der Waals surface area contributed by atoms with Gasteiger partial charge in [0.15, 0.2) is 0 Å². The van der Waals surface area contributed by atoms with E-state index in [1.807, 2.05) is 0 Å². The second kappa shape index (κ2) is 6.22. The van der Waals surface area contributed by atoms with Gasteiger partial charge < -0.3 is 10.6 Å². The lowest BCUT2D eigenvalue weighted by atomic mass is 10.1. The Balaban J connectivity index is 2.39. The molecule has 0 bridgehead atoms. The van der Waals surface area contributed by atoms with E-state index in [1.165, 1.54) is 18.2 Å². The molecule has 0 atom stereocenters. The Bertz CT molecular complexity index is 691. The van der Waals surface area contributed by atoms with Crippen molar-refractivity contribution >= 4 is 27.5 Å². The molecule has 0 aliphatic rings. The fourth-order valence-electron chi connectivity index (χ4n) is 2.10. The Morgan fingerprint density at radius 3 is 2.62 bits per heavy atom. The lowest BCUT2D eigenvalue weighted by Crippen LogP contribution is -2.23. The zero-order chi connectivity index (χ0) is 15.6. The van der Waals surface area contributed by atoms with Crippen LogP contribution in [0.4, 0.5) is 14.5 Å². The quantitative estimate of drug-likeness (QED) is 0.913. The molecule has 3 nitrogen and oxygen atoms in total. The van der Waals surface area contributed by atoms with Crippen molar-refractivity contribution in [3.05, 3.63) is 63.6 Å². The number of rotatable bonds is 4. The van der Waals surface area contributed by atoms with E-state index in [0.29, 0.717) is 22.3 Å². The Hall–Kier alpha value is -1.95. The first-order chi connectivity index (χ1) is 9.88. The molecule has 110 valence electrons. The topological polar surface area (TPSA) is 46.3 Å². The maximum Gasteiger partial charge on any atom is 0.253 e. The summed E-state index contributed by atoms with van der Waals surface area (Å²) in [7, 11) is 1.68. The summed E-state index contributed by atoms with van der Waals surface area (Å²) in [6.07, 6.45) is 0. The van der Waals surface area contributed by atoms with Crippen LogP contribution in [0.3, 0.4) is 0 Å². The number of primary amides is 1. The summed E-state index contributed by atoms with van der Waals surface area (Å²) in [5.74, 6) is -1.89. The van der Waals surface area contributed by atoms with Crippen molar-refractivity contribution in [2.45, 2.75) is 6.54 Å². The van der Waals surface area contributed by atoms with Crippen molar-refractivity contribution in [2.75, 3.05) is 11.9 Å². The highest BCUT2D eigenvalue weighted by atomic mass is 79.9. The lowest BCUT2D eigenvalue weighted by Gasteiger charge is -2.22. The molecule has 2 N–H and O–H groups in total. The number of carbonyl (C=O) groups excluding carboxylic acids is 1. The summed E-state index contributed by atoms with van der Waals surface area (Å²) in [6, 6.07) is 8.85. The average molecular weight is 355 g/mol. The Labute approximate surface area is 129 Å². The maximum atomic E-state index is 13.9. The summed E-state index contributed by atoms with van der Waals surface area (Å²) in [6.45, 7) is 0.313. The van der Waals surface area contributed by atoms with Gasteiger partial charge in [0.05, 0.1) is 11.3 Å². The second-order valence-corrected chi connectivity index (χ2v) is 5.55. The van der Waals surface area contributed by atoms with Crippen LogP contribution in [0.2, 0.25) is 0 Å². The van der Waals surface area contributed by atoms with Crippen molar-refractivity contribution in [1.29, 1.82) is 0 Å². The van der Waals surface area contributed by atoms with E-state index < -0.39 is 11.7 Å². The van der Waals surface area contributed by atoms with Gasteiger partial charge in [0.2, 0.25) is 0 Å². The van der Waals surface area contributed by atoms with E-state index in [1.54, 1.807) is 30.1 Å². The van der Waals surface area contributed by atoms with E-state index >= 15 is 0 Å². The van der Waals surface area contributed by atoms with E-state index in [9.17, 15) is 13.6 Å². The molecular weight excluding hydrogens is 342 g/mol. The van der Waals surface area contributed by atoms with Crippen molar-refractivity contribution in [3.63, 3.8) is 0 Å². The SMILES string of the molecule is CN(Cc1cccc(F)c1)c1cc(Br)cc(F)c1C(N)=O. The van der Waals surface area contributed by atoms with Crippen molar-refractivity contribution < 1.29 is 13.6 Å². The number of hydrogen-bond donors (Lipinski definition) is 1. The molecule has 1 amide bonds. The van der Waals surface area contributed by atoms with Crippen molar-refractivity contribution in [1.82, 2.24) is 0 Å². The predicted molar refractivity (Wildman–Crippen MR) is 81.1 cm³/mol. The highest BCUT2D eigenvalue weighted by molar-refractivity contribution is 9.10. The number of hydrogen-bond acceptors (Lipinski definition) is 2. The molecule has 0 aromatic heterocycles. The minimum Gasteiger partial charge on any atom is -0.369 e. The molecule has 6 heteroatoms. The third-order valence-electron chi connectivity index (χ3n) is 3.00. The number of halogens is 3. The monoisotopic (exact) mass is 354 g/mol. The number of anilines is 1. The van der Waals surface area contributed by atoms with Crippen LogP contribution in [0, 0.1) is 11.6 Å². The van der Waals surface area contributed by atoms with Gasteiger partial charge >= 0.3 is 0 Å². The van der Waals surface area contributed by atoms with Gasteiger partial charge in [0.1, 0.15) is 11.6 Å². The van der Waals surface area contributed by atoms with Gasteiger partial charge in [-0.05, 0) is 29.8 Å². The number of carbonyl (C=O) groups is 1. The van der Waals surface area contributed by atoms with Gasteiger partial charge in [0, 0.05) is 18.1 Å². The van der Waals surface area contributed by atoms with E-state index in [4.69, 9.17) is 5.73 Å². The number of benzene rings is 2. The summed E-state index contributed by atoms with van der Waals surface area (Å²) in [4.78, 5) is 13.1. The molecule has 0 saturated heterocycles. The molecule has 2 aromatic carbocycles. The minimum atomic E-state index is -0.846. The van der Waals surface area contributed by atoms with E-state index in [2.05, 4.69) is 15.9 Å². The number of nitrogens with two attached hydrogens (primary N) is 1. The lowest BCUT2D eigenvalue weighted by molar-refractivity contribution is 0.0997. The van der Waals surface area contributed by atoms with Crippen LogP contribution in [0.5, 0.6) is 0 Å². The molecule has 2 rings (SSSR count). The average Bonchev–Trinajstić information content (AvgIpc) is 2.37. The van der Waals surface area contributed by atoms with Gasteiger partial charge in [-0.25, -0.2) is 8.78 Å². The van der Waals surface area contributed by atoms with Gasteiger partial charge in [-0.3, -0.25) is 4.79 Å². The fraction of sp³-hybridized carbons (Fsp3) is 0.133. The molecular formula is C15H13BrF2N2O. The first-order valence-electron chi connectivity index (χ1n) is 6.13. The molecule has 0 heterocycles. The fourth-order valence-corrected chi connectivity index (χ4v) is 2.52. The van der Waals surface area contributed by atoms with Crippen LogP contribution in [-0.2, 0) is 6.54 Å².